The van der Waals surface area contributed by atoms with E-state index in [-0.39, 0.29) is 5.91 Å². The van der Waals surface area contributed by atoms with Crippen LogP contribution in [0.15, 0.2) is 42.5 Å². The van der Waals surface area contributed by atoms with Crippen molar-refractivity contribution in [2.45, 2.75) is 26.4 Å². The number of carbonyl (C=O) groups is 1. The smallest absolute Gasteiger partial charge is 0.265 e. The van der Waals surface area contributed by atoms with E-state index in [1.165, 1.54) is 0 Å². The third kappa shape index (κ3) is 4.39. The van der Waals surface area contributed by atoms with Gasteiger partial charge in [0.05, 0.1) is 10.7 Å². The van der Waals surface area contributed by atoms with Gasteiger partial charge in [0.15, 0.2) is 6.10 Å². The molecule has 0 saturated heterocycles. The molecule has 2 aromatic rings. The number of carbonyl (C=O) groups excluding carboxylic acids is 1. The molecule has 0 aromatic heterocycles. The highest BCUT2D eigenvalue weighted by molar-refractivity contribution is 6.36. The Morgan fingerprint density at radius 3 is 2.45 bits per heavy atom. The molecule has 2 rings (SSSR count). The van der Waals surface area contributed by atoms with E-state index < -0.39 is 6.10 Å². The zero-order valence-corrected chi connectivity index (χ0v) is 13.9. The minimum Gasteiger partial charge on any atom is -0.481 e. The van der Waals surface area contributed by atoms with Gasteiger partial charge in [0.1, 0.15) is 5.75 Å². The molecule has 5 heteroatoms. The lowest BCUT2D eigenvalue weighted by molar-refractivity contribution is -0.122. The molecule has 0 saturated carbocycles. The number of benzene rings is 2. The summed E-state index contributed by atoms with van der Waals surface area (Å²) in [6, 6.07) is 12.5. The van der Waals surface area contributed by atoms with Crippen LogP contribution >= 0.6 is 23.2 Å². The van der Waals surface area contributed by atoms with Gasteiger partial charge in [-0.1, -0.05) is 47.8 Å². The molecule has 1 amide bonds. The average Bonchev–Trinajstić information content (AvgIpc) is 2.49. The first-order chi connectivity index (χ1) is 10.5. The Balaban J connectivity index is 2.06. The van der Waals surface area contributed by atoms with Gasteiger partial charge in [-0.25, -0.2) is 0 Å². The highest BCUT2D eigenvalue weighted by Crippen LogP contribution is 2.26. The first-order valence-electron chi connectivity index (χ1n) is 6.99. The predicted octanol–water partition coefficient (Wildman–Crippen LogP) is 5.10. The van der Waals surface area contributed by atoms with Gasteiger partial charge in [0.25, 0.3) is 5.91 Å². The summed E-state index contributed by atoms with van der Waals surface area (Å²) in [7, 11) is 0. The van der Waals surface area contributed by atoms with Gasteiger partial charge in [-0.05, 0) is 43.7 Å². The normalized spacial score (nSPS) is 11.8. The Morgan fingerprint density at radius 2 is 1.86 bits per heavy atom. The number of rotatable bonds is 5. The van der Waals surface area contributed by atoms with Gasteiger partial charge in [0.2, 0.25) is 0 Å². The van der Waals surface area contributed by atoms with E-state index in [2.05, 4.69) is 5.32 Å². The summed E-state index contributed by atoms with van der Waals surface area (Å²) in [6.45, 7) is 3.89. The minimum atomic E-state index is -0.588. The molecule has 0 aliphatic heterocycles. The van der Waals surface area contributed by atoms with Gasteiger partial charge < -0.3 is 10.1 Å². The number of hydrogen-bond donors (Lipinski definition) is 1. The molecule has 0 bridgehead atoms. The number of anilines is 1. The van der Waals surface area contributed by atoms with E-state index in [1.54, 1.807) is 18.2 Å². The van der Waals surface area contributed by atoms with Crippen LogP contribution in [0.25, 0.3) is 0 Å². The van der Waals surface area contributed by atoms with Crippen LogP contribution in [0.4, 0.5) is 5.69 Å². The summed E-state index contributed by atoms with van der Waals surface area (Å²) in [5.41, 5.74) is 1.65. The molecule has 0 radical (unpaired) electrons. The molecule has 3 nitrogen and oxygen atoms in total. The molecule has 0 fully saturated rings. The maximum atomic E-state index is 12.3. The van der Waals surface area contributed by atoms with Crippen LogP contribution in [-0.2, 0) is 4.79 Å². The second kappa shape index (κ2) is 7.52. The second-order valence-electron chi connectivity index (χ2n) is 4.94. The summed E-state index contributed by atoms with van der Waals surface area (Å²) in [5, 5.41) is 3.68. The molecule has 0 spiro atoms. The van der Waals surface area contributed by atoms with Crippen molar-refractivity contribution in [2.24, 2.45) is 0 Å². The molecule has 22 heavy (non-hydrogen) atoms. The Bertz CT molecular complexity index is 656. The van der Waals surface area contributed by atoms with E-state index in [0.717, 1.165) is 5.56 Å². The molecule has 1 atom stereocenters. The zero-order chi connectivity index (χ0) is 16.1. The lowest BCUT2D eigenvalue weighted by Gasteiger charge is -2.18. The quantitative estimate of drug-likeness (QED) is 0.824. The van der Waals surface area contributed by atoms with Crippen molar-refractivity contribution < 1.29 is 9.53 Å². The largest absolute Gasteiger partial charge is 0.481 e. The first-order valence-corrected chi connectivity index (χ1v) is 7.74. The fourth-order valence-corrected chi connectivity index (χ4v) is 2.36. The second-order valence-corrected chi connectivity index (χ2v) is 5.78. The number of ether oxygens (including phenoxy) is 1. The SMILES string of the molecule is CC[C@H](Oc1ccc(C)cc1)C(=O)Nc1ccc(Cl)cc1Cl. The third-order valence-corrected chi connectivity index (χ3v) is 3.70. The van der Waals surface area contributed by atoms with E-state index in [9.17, 15) is 4.79 Å². The predicted molar refractivity (Wildman–Crippen MR) is 91.0 cm³/mol. The minimum absolute atomic E-state index is 0.243. The lowest BCUT2D eigenvalue weighted by atomic mass is 10.2. The van der Waals surface area contributed by atoms with Crippen molar-refractivity contribution in [3.8, 4) is 5.75 Å². The molecular weight excluding hydrogens is 321 g/mol. The van der Waals surface area contributed by atoms with Crippen molar-refractivity contribution in [1.82, 2.24) is 0 Å². The number of hydrogen-bond acceptors (Lipinski definition) is 2. The summed E-state index contributed by atoms with van der Waals surface area (Å²) in [6.07, 6.45) is -0.0419. The van der Waals surface area contributed by atoms with Crippen molar-refractivity contribution in [1.29, 1.82) is 0 Å². The first kappa shape index (κ1) is 16.7. The van der Waals surface area contributed by atoms with E-state index in [1.807, 2.05) is 38.1 Å². The Morgan fingerprint density at radius 1 is 1.18 bits per heavy atom. The molecule has 0 heterocycles. The molecule has 0 aliphatic carbocycles. The summed E-state index contributed by atoms with van der Waals surface area (Å²) < 4.78 is 5.74. The monoisotopic (exact) mass is 337 g/mol. The highest BCUT2D eigenvalue weighted by atomic mass is 35.5. The van der Waals surface area contributed by atoms with Gasteiger partial charge in [0, 0.05) is 5.02 Å². The number of aryl methyl sites for hydroxylation is 1. The van der Waals surface area contributed by atoms with Crippen LogP contribution in [0.2, 0.25) is 10.0 Å². The maximum absolute atomic E-state index is 12.3. The van der Waals surface area contributed by atoms with Crippen LogP contribution in [0.5, 0.6) is 5.75 Å². The summed E-state index contributed by atoms with van der Waals surface area (Å²) in [4.78, 5) is 12.3. The molecule has 0 aliphatic rings. The van der Waals surface area contributed by atoms with Gasteiger partial charge in [-0.2, -0.15) is 0 Å². The average molecular weight is 338 g/mol. The molecule has 0 unspecified atom stereocenters. The Kier molecular flexibility index (Phi) is 5.69. The molecule has 2 aromatic carbocycles. The maximum Gasteiger partial charge on any atom is 0.265 e. The lowest BCUT2D eigenvalue weighted by Crippen LogP contribution is -2.32. The fourth-order valence-electron chi connectivity index (χ4n) is 1.91. The van der Waals surface area contributed by atoms with Gasteiger partial charge in [-0.15, -0.1) is 0 Å². The van der Waals surface area contributed by atoms with Crippen LogP contribution in [0.3, 0.4) is 0 Å². The number of amides is 1. The standard InChI is InChI=1S/C17H17Cl2NO2/c1-3-16(22-13-7-4-11(2)5-8-13)17(21)20-15-9-6-12(18)10-14(15)19/h4-10,16H,3H2,1-2H3,(H,20,21)/t16-/m0/s1. The van der Waals surface area contributed by atoms with Crippen molar-refractivity contribution >= 4 is 34.8 Å². The van der Waals surface area contributed by atoms with Gasteiger partial charge in [-0.3, -0.25) is 4.79 Å². The molecular formula is C17H17Cl2NO2. The summed E-state index contributed by atoms with van der Waals surface area (Å²) >= 11 is 11.9. The van der Waals surface area contributed by atoms with Crippen LogP contribution in [0, 0.1) is 6.92 Å². The Hall–Kier alpha value is -1.71. The topological polar surface area (TPSA) is 38.3 Å². The van der Waals surface area contributed by atoms with E-state index >= 15 is 0 Å². The number of halogens is 2. The van der Waals surface area contributed by atoms with E-state index in [0.29, 0.717) is 27.9 Å². The zero-order valence-electron chi connectivity index (χ0n) is 12.4. The van der Waals surface area contributed by atoms with Crippen LogP contribution in [0.1, 0.15) is 18.9 Å². The van der Waals surface area contributed by atoms with Crippen molar-refractivity contribution in [2.75, 3.05) is 5.32 Å². The van der Waals surface area contributed by atoms with Crippen molar-refractivity contribution in [3.63, 3.8) is 0 Å². The Labute approximate surface area is 140 Å². The molecule has 1 N–H and O–H groups in total. The van der Waals surface area contributed by atoms with Crippen LogP contribution < -0.4 is 10.1 Å². The van der Waals surface area contributed by atoms with Crippen molar-refractivity contribution in [3.05, 3.63) is 58.1 Å². The molecule has 116 valence electrons. The third-order valence-electron chi connectivity index (χ3n) is 3.15. The van der Waals surface area contributed by atoms with Gasteiger partial charge >= 0.3 is 0 Å². The fraction of sp³-hybridized carbons (Fsp3) is 0.235. The van der Waals surface area contributed by atoms with E-state index in [4.69, 9.17) is 27.9 Å². The highest BCUT2D eigenvalue weighted by Gasteiger charge is 2.19. The summed E-state index contributed by atoms with van der Waals surface area (Å²) in [5.74, 6) is 0.419. The van der Waals surface area contributed by atoms with Crippen LogP contribution in [-0.4, -0.2) is 12.0 Å². The number of nitrogens with one attached hydrogen (secondary N) is 1.